The molecule has 2 aromatic carbocycles. The summed E-state index contributed by atoms with van der Waals surface area (Å²) in [5.74, 6) is -0.412. The lowest BCUT2D eigenvalue weighted by atomic mass is 10.0. The topological polar surface area (TPSA) is 118 Å². The monoisotopic (exact) mass is 497 g/mol. The van der Waals surface area contributed by atoms with Crippen molar-refractivity contribution >= 4 is 15.9 Å². The predicted molar refractivity (Wildman–Crippen MR) is 136 cm³/mol. The zero-order valence-electron chi connectivity index (χ0n) is 20.1. The number of amides is 1. The van der Waals surface area contributed by atoms with Gasteiger partial charge in [-0.1, -0.05) is 36.4 Å². The number of sulfonamides is 1. The maximum atomic E-state index is 12.4. The summed E-state index contributed by atoms with van der Waals surface area (Å²) in [6, 6.07) is 16.8. The molecule has 0 saturated heterocycles. The van der Waals surface area contributed by atoms with Crippen LogP contribution in [0.15, 0.2) is 67.0 Å². The summed E-state index contributed by atoms with van der Waals surface area (Å²) >= 11 is 0. The minimum absolute atomic E-state index is 0.157. The van der Waals surface area contributed by atoms with Gasteiger partial charge in [-0.15, -0.1) is 0 Å². The zero-order valence-corrected chi connectivity index (χ0v) is 20.9. The van der Waals surface area contributed by atoms with Crippen LogP contribution in [0.3, 0.4) is 0 Å². The van der Waals surface area contributed by atoms with Crippen molar-refractivity contribution in [3.05, 3.63) is 83.7 Å². The molecule has 1 atom stereocenters. The standard InChI is InChI=1S/C26H31N3O5S/c1-18(2)34-25-15-21(10-11-23(25)26(31)29-35(3,32)33)20-8-6-19(7-9-20)12-14-28-17-24(30)22-5-4-13-27-16-22/h4-11,13,15-16,18,24,28,30H,12,14,17H2,1-3H3,(H,29,31)/t24-/m0/s1. The first-order chi connectivity index (χ1) is 16.6. The van der Waals surface area contributed by atoms with Gasteiger partial charge in [-0.3, -0.25) is 9.78 Å². The number of aromatic nitrogens is 1. The van der Waals surface area contributed by atoms with Gasteiger partial charge in [-0.2, -0.15) is 0 Å². The number of pyridine rings is 1. The van der Waals surface area contributed by atoms with Gasteiger partial charge in [0, 0.05) is 24.5 Å². The summed E-state index contributed by atoms with van der Waals surface area (Å²) < 4.78 is 30.7. The summed E-state index contributed by atoms with van der Waals surface area (Å²) in [7, 11) is -3.69. The maximum absolute atomic E-state index is 12.4. The van der Waals surface area contributed by atoms with Gasteiger partial charge in [0.1, 0.15) is 5.75 Å². The molecule has 0 spiro atoms. The second-order valence-corrected chi connectivity index (χ2v) is 10.3. The second-order valence-electron chi connectivity index (χ2n) is 8.53. The smallest absolute Gasteiger partial charge is 0.268 e. The number of hydrogen-bond acceptors (Lipinski definition) is 7. The Kier molecular flexibility index (Phi) is 8.97. The molecule has 0 bridgehead atoms. The van der Waals surface area contributed by atoms with E-state index in [1.807, 2.05) is 48.9 Å². The molecule has 0 fully saturated rings. The minimum Gasteiger partial charge on any atom is -0.490 e. The molecule has 3 aromatic rings. The van der Waals surface area contributed by atoms with Gasteiger partial charge in [0.15, 0.2) is 0 Å². The van der Waals surface area contributed by atoms with Crippen LogP contribution >= 0.6 is 0 Å². The third-order valence-electron chi connectivity index (χ3n) is 5.15. The van der Waals surface area contributed by atoms with Crippen molar-refractivity contribution in [1.82, 2.24) is 15.0 Å². The van der Waals surface area contributed by atoms with Crippen molar-refractivity contribution < 1.29 is 23.1 Å². The number of ether oxygens (including phenoxy) is 1. The van der Waals surface area contributed by atoms with Crippen LogP contribution in [-0.4, -0.2) is 49.9 Å². The SMILES string of the molecule is CC(C)Oc1cc(-c2ccc(CCNC[C@H](O)c3cccnc3)cc2)ccc1C(=O)NS(C)(=O)=O. The van der Waals surface area contributed by atoms with E-state index in [9.17, 15) is 18.3 Å². The Hall–Kier alpha value is -3.27. The van der Waals surface area contributed by atoms with Gasteiger partial charge in [0.25, 0.3) is 5.91 Å². The van der Waals surface area contributed by atoms with Gasteiger partial charge in [-0.05, 0) is 61.7 Å². The highest BCUT2D eigenvalue weighted by molar-refractivity contribution is 7.89. The summed E-state index contributed by atoms with van der Waals surface area (Å²) in [5.41, 5.74) is 3.87. The number of nitrogens with zero attached hydrogens (tertiary/aromatic N) is 1. The normalized spacial score (nSPS) is 12.4. The first kappa shape index (κ1) is 26.3. The molecular formula is C26H31N3O5S. The molecule has 0 unspecified atom stereocenters. The first-order valence-electron chi connectivity index (χ1n) is 11.3. The number of carbonyl (C=O) groups excluding carboxylic acids is 1. The Morgan fingerprint density at radius 1 is 1.09 bits per heavy atom. The molecule has 35 heavy (non-hydrogen) atoms. The van der Waals surface area contributed by atoms with Crippen molar-refractivity contribution in [3.63, 3.8) is 0 Å². The molecule has 186 valence electrons. The average Bonchev–Trinajstić information content (AvgIpc) is 2.81. The Morgan fingerprint density at radius 3 is 2.43 bits per heavy atom. The molecule has 3 rings (SSSR count). The highest BCUT2D eigenvalue weighted by Gasteiger charge is 2.18. The number of aliphatic hydroxyl groups is 1. The molecule has 9 heteroatoms. The Bertz CT molecular complexity index is 1230. The summed E-state index contributed by atoms with van der Waals surface area (Å²) in [6.07, 6.45) is 4.27. The first-order valence-corrected chi connectivity index (χ1v) is 13.2. The van der Waals surface area contributed by atoms with Crippen LogP contribution in [-0.2, 0) is 16.4 Å². The van der Waals surface area contributed by atoms with Gasteiger partial charge in [0.2, 0.25) is 10.0 Å². The fraction of sp³-hybridized carbons (Fsp3) is 0.308. The van der Waals surface area contributed by atoms with Crippen LogP contribution in [0.5, 0.6) is 5.75 Å². The van der Waals surface area contributed by atoms with Crippen LogP contribution in [0.25, 0.3) is 11.1 Å². The summed E-state index contributed by atoms with van der Waals surface area (Å²) in [5, 5.41) is 13.5. The van der Waals surface area contributed by atoms with Crippen molar-refractivity contribution in [2.75, 3.05) is 19.3 Å². The van der Waals surface area contributed by atoms with Crippen molar-refractivity contribution in [1.29, 1.82) is 0 Å². The van der Waals surface area contributed by atoms with E-state index in [1.54, 1.807) is 36.7 Å². The number of benzene rings is 2. The quantitative estimate of drug-likeness (QED) is 0.349. The summed E-state index contributed by atoms with van der Waals surface area (Å²) in [6.45, 7) is 4.84. The summed E-state index contributed by atoms with van der Waals surface area (Å²) in [4.78, 5) is 16.4. The molecule has 1 amide bonds. The van der Waals surface area contributed by atoms with Crippen LogP contribution in [0.2, 0.25) is 0 Å². The number of rotatable bonds is 11. The number of nitrogens with one attached hydrogen (secondary N) is 2. The van der Waals surface area contributed by atoms with Crippen LogP contribution < -0.4 is 14.8 Å². The van der Waals surface area contributed by atoms with E-state index in [0.717, 1.165) is 34.9 Å². The Balaban J connectivity index is 1.64. The van der Waals surface area contributed by atoms with Crippen LogP contribution in [0.1, 0.15) is 41.4 Å². The van der Waals surface area contributed by atoms with Gasteiger partial charge < -0.3 is 15.2 Å². The Labute approximate surface area is 206 Å². The van der Waals surface area contributed by atoms with Gasteiger partial charge >= 0.3 is 0 Å². The van der Waals surface area contributed by atoms with Crippen molar-refractivity contribution in [2.45, 2.75) is 32.5 Å². The van der Waals surface area contributed by atoms with E-state index in [2.05, 4.69) is 10.3 Å². The lowest BCUT2D eigenvalue weighted by molar-refractivity contribution is 0.0976. The second kappa shape index (κ2) is 11.9. The van der Waals surface area contributed by atoms with E-state index < -0.39 is 22.0 Å². The third-order valence-corrected chi connectivity index (χ3v) is 5.71. The third kappa shape index (κ3) is 8.17. The van der Waals surface area contributed by atoms with E-state index in [0.29, 0.717) is 18.8 Å². The maximum Gasteiger partial charge on any atom is 0.268 e. The predicted octanol–water partition coefficient (Wildman–Crippen LogP) is 3.09. The molecule has 1 heterocycles. The van der Waals surface area contributed by atoms with Crippen LogP contribution in [0, 0.1) is 0 Å². The number of aliphatic hydroxyl groups excluding tert-OH is 1. The number of carbonyl (C=O) groups is 1. The molecule has 8 nitrogen and oxygen atoms in total. The average molecular weight is 498 g/mol. The largest absolute Gasteiger partial charge is 0.490 e. The highest BCUT2D eigenvalue weighted by atomic mass is 32.2. The lowest BCUT2D eigenvalue weighted by Gasteiger charge is -2.16. The van der Waals surface area contributed by atoms with E-state index in [1.165, 1.54) is 0 Å². The molecule has 0 saturated carbocycles. The molecule has 1 aromatic heterocycles. The van der Waals surface area contributed by atoms with Gasteiger partial charge in [-0.25, -0.2) is 13.1 Å². The molecule has 0 aliphatic rings. The fourth-order valence-corrected chi connectivity index (χ4v) is 3.94. The van der Waals surface area contributed by atoms with E-state index >= 15 is 0 Å². The van der Waals surface area contributed by atoms with E-state index in [4.69, 9.17) is 4.74 Å². The molecule has 3 N–H and O–H groups in total. The lowest BCUT2D eigenvalue weighted by Crippen LogP contribution is -2.30. The number of hydrogen-bond donors (Lipinski definition) is 3. The van der Waals surface area contributed by atoms with E-state index in [-0.39, 0.29) is 11.7 Å². The fourth-order valence-electron chi connectivity index (χ4n) is 3.49. The minimum atomic E-state index is -3.69. The Morgan fingerprint density at radius 2 is 1.80 bits per heavy atom. The van der Waals surface area contributed by atoms with Crippen LogP contribution in [0.4, 0.5) is 0 Å². The van der Waals surface area contributed by atoms with Crippen molar-refractivity contribution in [2.24, 2.45) is 0 Å². The van der Waals surface area contributed by atoms with Gasteiger partial charge in [0.05, 0.1) is 24.0 Å². The molecule has 0 radical (unpaired) electrons. The molecular weight excluding hydrogens is 466 g/mol. The highest BCUT2D eigenvalue weighted by Crippen LogP contribution is 2.29. The van der Waals surface area contributed by atoms with Crippen molar-refractivity contribution in [3.8, 4) is 16.9 Å². The zero-order chi connectivity index (χ0) is 25.4. The molecule has 0 aliphatic heterocycles. The molecule has 0 aliphatic carbocycles.